The molecule has 0 aromatic carbocycles. The van der Waals surface area contributed by atoms with Crippen molar-refractivity contribution in [2.24, 2.45) is 0 Å². The first-order chi connectivity index (χ1) is 13.4. The van der Waals surface area contributed by atoms with E-state index in [1.165, 1.54) is 11.8 Å². The SMILES string of the molecule is Cc1cc(C(=O)NNC(=O)c2cccnc2SCc2c(C)noc2C)c(C)o1. The van der Waals surface area contributed by atoms with Crippen molar-refractivity contribution in [1.29, 1.82) is 0 Å². The van der Waals surface area contributed by atoms with Gasteiger partial charge in [0.25, 0.3) is 11.8 Å². The highest BCUT2D eigenvalue weighted by Crippen LogP contribution is 2.27. The van der Waals surface area contributed by atoms with Crippen LogP contribution in [0.1, 0.15) is 49.3 Å². The molecule has 0 unspecified atom stereocenters. The van der Waals surface area contributed by atoms with E-state index >= 15 is 0 Å². The third kappa shape index (κ3) is 4.25. The molecule has 28 heavy (non-hydrogen) atoms. The Labute approximate surface area is 166 Å². The highest BCUT2D eigenvalue weighted by Gasteiger charge is 2.18. The topological polar surface area (TPSA) is 110 Å². The van der Waals surface area contributed by atoms with Crippen molar-refractivity contribution >= 4 is 23.6 Å². The number of nitrogens with one attached hydrogen (secondary N) is 2. The van der Waals surface area contributed by atoms with Gasteiger partial charge in [-0.2, -0.15) is 0 Å². The minimum absolute atomic E-state index is 0.361. The number of thioether (sulfide) groups is 1. The lowest BCUT2D eigenvalue weighted by Gasteiger charge is -2.10. The van der Waals surface area contributed by atoms with E-state index in [1.54, 1.807) is 38.2 Å². The summed E-state index contributed by atoms with van der Waals surface area (Å²) in [6.45, 7) is 7.15. The molecule has 9 heteroatoms. The second-order valence-corrected chi connectivity index (χ2v) is 7.15. The molecule has 0 spiro atoms. The largest absolute Gasteiger partial charge is 0.466 e. The van der Waals surface area contributed by atoms with Gasteiger partial charge in [0.2, 0.25) is 0 Å². The van der Waals surface area contributed by atoms with Crippen molar-refractivity contribution in [3.8, 4) is 0 Å². The molecule has 0 radical (unpaired) electrons. The summed E-state index contributed by atoms with van der Waals surface area (Å²) < 4.78 is 10.5. The number of pyridine rings is 1. The van der Waals surface area contributed by atoms with Gasteiger partial charge in [-0.15, -0.1) is 11.8 Å². The number of hydrogen-bond acceptors (Lipinski definition) is 7. The van der Waals surface area contributed by atoms with Gasteiger partial charge in [0.05, 0.1) is 16.8 Å². The average Bonchev–Trinajstić information content (AvgIpc) is 3.18. The van der Waals surface area contributed by atoms with E-state index in [-0.39, 0.29) is 0 Å². The zero-order chi connectivity index (χ0) is 20.3. The zero-order valence-corrected chi connectivity index (χ0v) is 16.8. The van der Waals surface area contributed by atoms with Crippen LogP contribution >= 0.6 is 11.8 Å². The van der Waals surface area contributed by atoms with Crippen LogP contribution in [0.3, 0.4) is 0 Å². The van der Waals surface area contributed by atoms with Crippen LogP contribution in [0.15, 0.2) is 38.4 Å². The number of hydrazine groups is 1. The number of aromatic nitrogens is 2. The van der Waals surface area contributed by atoms with Gasteiger partial charge in [0, 0.05) is 17.5 Å². The molecule has 0 bridgehead atoms. The quantitative estimate of drug-likeness (QED) is 0.499. The molecular formula is C19H20N4O4S. The number of aryl methyl sites for hydroxylation is 4. The summed E-state index contributed by atoms with van der Waals surface area (Å²) in [4.78, 5) is 29.1. The Bertz CT molecular complexity index is 1010. The molecule has 0 saturated heterocycles. The molecule has 146 valence electrons. The van der Waals surface area contributed by atoms with E-state index in [0.29, 0.717) is 33.4 Å². The van der Waals surface area contributed by atoms with E-state index in [9.17, 15) is 9.59 Å². The molecule has 3 heterocycles. The number of amides is 2. The number of carbonyl (C=O) groups excluding carboxylic acids is 2. The van der Waals surface area contributed by atoms with Crippen molar-refractivity contribution < 1.29 is 18.5 Å². The smallest absolute Gasteiger partial charge is 0.273 e. The van der Waals surface area contributed by atoms with Crippen molar-refractivity contribution in [3.63, 3.8) is 0 Å². The number of furan rings is 1. The minimum Gasteiger partial charge on any atom is -0.466 e. The van der Waals surface area contributed by atoms with Gasteiger partial charge < -0.3 is 8.94 Å². The summed E-state index contributed by atoms with van der Waals surface area (Å²) in [7, 11) is 0. The molecule has 3 aromatic rings. The van der Waals surface area contributed by atoms with Crippen molar-refractivity contribution in [2.75, 3.05) is 0 Å². The number of hydrogen-bond donors (Lipinski definition) is 2. The monoisotopic (exact) mass is 400 g/mol. The Morgan fingerprint density at radius 2 is 1.79 bits per heavy atom. The van der Waals surface area contributed by atoms with Crippen molar-refractivity contribution in [1.82, 2.24) is 21.0 Å². The van der Waals surface area contributed by atoms with Gasteiger partial charge in [0.1, 0.15) is 22.3 Å². The zero-order valence-electron chi connectivity index (χ0n) is 16.0. The Morgan fingerprint density at radius 3 is 2.39 bits per heavy atom. The molecule has 0 fully saturated rings. The molecular weight excluding hydrogens is 380 g/mol. The summed E-state index contributed by atoms with van der Waals surface area (Å²) >= 11 is 1.40. The first kappa shape index (κ1) is 19.7. The van der Waals surface area contributed by atoms with Crippen LogP contribution in [-0.4, -0.2) is 22.0 Å². The van der Waals surface area contributed by atoms with E-state index in [0.717, 1.165) is 17.0 Å². The van der Waals surface area contributed by atoms with Gasteiger partial charge in [0.15, 0.2) is 0 Å². The van der Waals surface area contributed by atoms with E-state index < -0.39 is 11.8 Å². The number of rotatable bonds is 5. The average molecular weight is 400 g/mol. The van der Waals surface area contributed by atoms with E-state index in [2.05, 4.69) is 21.0 Å². The van der Waals surface area contributed by atoms with Crippen LogP contribution in [0.5, 0.6) is 0 Å². The van der Waals surface area contributed by atoms with Crippen LogP contribution in [0.4, 0.5) is 0 Å². The molecule has 8 nitrogen and oxygen atoms in total. The molecule has 2 N–H and O–H groups in total. The molecule has 2 amide bonds. The van der Waals surface area contributed by atoms with Gasteiger partial charge in [-0.1, -0.05) is 5.16 Å². The second kappa shape index (κ2) is 8.30. The first-order valence-electron chi connectivity index (χ1n) is 8.54. The van der Waals surface area contributed by atoms with Crippen LogP contribution in [0, 0.1) is 27.7 Å². The highest BCUT2D eigenvalue weighted by atomic mass is 32.2. The second-order valence-electron chi connectivity index (χ2n) is 6.18. The van der Waals surface area contributed by atoms with Crippen LogP contribution in [-0.2, 0) is 5.75 Å². The maximum Gasteiger partial charge on any atom is 0.273 e. The van der Waals surface area contributed by atoms with E-state index in [4.69, 9.17) is 8.94 Å². The first-order valence-corrected chi connectivity index (χ1v) is 9.52. The fourth-order valence-electron chi connectivity index (χ4n) is 2.63. The number of nitrogens with zero attached hydrogens (tertiary/aromatic N) is 2. The maximum atomic E-state index is 12.6. The lowest BCUT2D eigenvalue weighted by molar-refractivity contribution is 0.0843. The Kier molecular flexibility index (Phi) is 5.84. The Hall–Kier alpha value is -3.07. The lowest BCUT2D eigenvalue weighted by Crippen LogP contribution is -2.42. The third-order valence-electron chi connectivity index (χ3n) is 4.13. The van der Waals surface area contributed by atoms with Gasteiger partial charge in [-0.05, 0) is 45.9 Å². The van der Waals surface area contributed by atoms with Crippen molar-refractivity contribution in [3.05, 3.63) is 64.1 Å². The summed E-state index contributed by atoms with van der Waals surface area (Å²) in [5.74, 6) is 1.51. The molecule has 0 aliphatic rings. The molecule has 3 aromatic heterocycles. The number of carbonyl (C=O) groups is 2. The Balaban J connectivity index is 1.67. The summed E-state index contributed by atoms with van der Waals surface area (Å²) in [5, 5.41) is 4.48. The summed E-state index contributed by atoms with van der Waals surface area (Å²) in [5.41, 5.74) is 7.35. The third-order valence-corrected chi connectivity index (χ3v) is 5.16. The maximum absolute atomic E-state index is 12.6. The fraction of sp³-hybridized carbons (Fsp3) is 0.263. The van der Waals surface area contributed by atoms with Gasteiger partial charge in [-0.3, -0.25) is 20.4 Å². The molecule has 3 rings (SSSR count). The summed E-state index contributed by atoms with van der Waals surface area (Å²) in [6.07, 6.45) is 1.61. The molecule has 0 saturated carbocycles. The summed E-state index contributed by atoms with van der Waals surface area (Å²) in [6, 6.07) is 4.93. The van der Waals surface area contributed by atoms with Crippen LogP contribution in [0.2, 0.25) is 0 Å². The standard InChI is InChI=1S/C19H20N4O4S/c1-10-8-15(12(3)26-10)18(25)22-21-17(24)14-6-5-7-20-19(14)28-9-16-11(2)23-27-13(16)4/h5-8H,9H2,1-4H3,(H,21,24)(H,22,25). The van der Waals surface area contributed by atoms with Crippen LogP contribution < -0.4 is 10.9 Å². The predicted molar refractivity (Wildman–Crippen MR) is 103 cm³/mol. The molecule has 0 aliphatic heterocycles. The molecule has 0 aliphatic carbocycles. The molecule has 0 atom stereocenters. The van der Waals surface area contributed by atoms with E-state index in [1.807, 2.05) is 13.8 Å². The lowest BCUT2D eigenvalue weighted by atomic mass is 10.2. The Morgan fingerprint density at radius 1 is 1.07 bits per heavy atom. The van der Waals surface area contributed by atoms with Gasteiger partial charge in [-0.25, -0.2) is 4.98 Å². The predicted octanol–water partition coefficient (Wildman–Crippen LogP) is 3.26. The highest BCUT2D eigenvalue weighted by molar-refractivity contribution is 7.98. The van der Waals surface area contributed by atoms with Gasteiger partial charge >= 0.3 is 0 Å². The fourth-order valence-corrected chi connectivity index (χ4v) is 3.78. The van der Waals surface area contributed by atoms with Crippen molar-refractivity contribution in [2.45, 2.75) is 38.5 Å². The minimum atomic E-state index is -0.458. The van der Waals surface area contributed by atoms with Crippen LogP contribution in [0.25, 0.3) is 0 Å². The normalized spacial score (nSPS) is 10.7.